The summed E-state index contributed by atoms with van der Waals surface area (Å²) >= 11 is 0. The van der Waals surface area contributed by atoms with Crippen LogP contribution in [0.15, 0.2) is 41.3 Å². The van der Waals surface area contributed by atoms with Gasteiger partial charge in [0.25, 0.3) is 11.5 Å². The van der Waals surface area contributed by atoms with Gasteiger partial charge in [0.15, 0.2) is 0 Å². The summed E-state index contributed by atoms with van der Waals surface area (Å²) in [6.07, 6.45) is 5.59. The van der Waals surface area contributed by atoms with E-state index in [1.165, 1.54) is 0 Å². The first-order valence-corrected chi connectivity index (χ1v) is 10.1. The Balaban J connectivity index is 1.58. The maximum atomic E-state index is 12.8. The van der Waals surface area contributed by atoms with Crippen LogP contribution >= 0.6 is 0 Å². The van der Waals surface area contributed by atoms with Gasteiger partial charge in [-0.05, 0) is 44.0 Å². The van der Waals surface area contributed by atoms with Crippen molar-refractivity contribution < 1.29 is 9.53 Å². The lowest BCUT2D eigenvalue weighted by Crippen LogP contribution is -2.26. The molecule has 0 spiro atoms. The molecule has 0 unspecified atom stereocenters. The molecule has 7 nitrogen and oxygen atoms in total. The minimum absolute atomic E-state index is 0.0180. The molecule has 1 aliphatic heterocycles. The van der Waals surface area contributed by atoms with E-state index in [0.29, 0.717) is 42.0 Å². The molecule has 150 valence electrons. The number of hydrogen-bond acceptors (Lipinski definition) is 5. The Kier molecular flexibility index (Phi) is 5.55. The molecule has 1 aromatic carbocycles. The van der Waals surface area contributed by atoms with Crippen LogP contribution < -0.4 is 15.6 Å². The molecule has 0 atom stereocenters. The van der Waals surface area contributed by atoms with E-state index in [4.69, 9.17) is 4.74 Å². The minimum atomic E-state index is -0.227. The van der Waals surface area contributed by atoms with E-state index in [0.717, 1.165) is 37.1 Å². The van der Waals surface area contributed by atoms with E-state index in [-0.39, 0.29) is 11.5 Å². The predicted octanol–water partition coefficient (Wildman–Crippen LogP) is 2.85. The second kappa shape index (κ2) is 8.43. The molecule has 0 fully saturated rings. The normalized spacial score (nSPS) is 13.6. The zero-order chi connectivity index (χ0) is 20.2. The molecule has 1 amide bonds. The van der Waals surface area contributed by atoms with E-state index in [9.17, 15) is 9.59 Å². The Morgan fingerprint density at radius 3 is 3.00 bits per heavy atom. The van der Waals surface area contributed by atoms with Gasteiger partial charge in [0.1, 0.15) is 5.82 Å². The summed E-state index contributed by atoms with van der Waals surface area (Å²) in [7, 11) is 0. The van der Waals surface area contributed by atoms with Crippen molar-refractivity contribution in [3.63, 3.8) is 0 Å². The Morgan fingerprint density at radius 1 is 1.24 bits per heavy atom. The van der Waals surface area contributed by atoms with Gasteiger partial charge < -0.3 is 10.1 Å². The number of amides is 1. The summed E-state index contributed by atoms with van der Waals surface area (Å²) in [5.74, 6) is 1.11. The number of pyridine rings is 1. The molecule has 0 saturated heterocycles. The molecule has 0 radical (unpaired) electrons. The number of aromatic nitrogens is 3. The maximum Gasteiger partial charge on any atom is 0.261 e. The van der Waals surface area contributed by atoms with Gasteiger partial charge in [-0.2, -0.15) is 0 Å². The zero-order valence-corrected chi connectivity index (χ0v) is 16.5. The van der Waals surface area contributed by atoms with Crippen LogP contribution in [0, 0.1) is 0 Å². The summed E-state index contributed by atoms with van der Waals surface area (Å²) in [4.78, 5) is 34.4. The van der Waals surface area contributed by atoms with Crippen LogP contribution in [-0.4, -0.2) is 27.0 Å². The van der Waals surface area contributed by atoms with Crippen LogP contribution in [0.4, 0.5) is 0 Å². The largest absolute Gasteiger partial charge is 0.478 e. The maximum absolute atomic E-state index is 12.8. The van der Waals surface area contributed by atoms with Crippen molar-refractivity contribution in [1.29, 1.82) is 0 Å². The molecule has 3 heterocycles. The molecule has 4 rings (SSSR count). The molecule has 0 aliphatic carbocycles. The van der Waals surface area contributed by atoms with Crippen LogP contribution in [0.25, 0.3) is 10.9 Å². The first kappa shape index (κ1) is 19.1. The number of aryl methyl sites for hydroxylation is 1. The molecule has 3 aromatic rings. The quantitative estimate of drug-likeness (QED) is 0.722. The van der Waals surface area contributed by atoms with Crippen LogP contribution in [0.1, 0.15) is 47.9 Å². The van der Waals surface area contributed by atoms with Crippen molar-refractivity contribution in [2.24, 2.45) is 0 Å². The van der Waals surface area contributed by atoms with Gasteiger partial charge in [0.2, 0.25) is 5.88 Å². The average molecular weight is 392 g/mol. The Bertz CT molecular complexity index is 1110. The Labute approximate surface area is 168 Å². The van der Waals surface area contributed by atoms with Crippen molar-refractivity contribution in [2.75, 3.05) is 6.61 Å². The summed E-state index contributed by atoms with van der Waals surface area (Å²) in [6, 6.07) is 8.76. The molecule has 0 saturated carbocycles. The number of carbonyl (C=O) groups is 1. The van der Waals surface area contributed by atoms with Crippen molar-refractivity contribution >= 4 is 16.8 Å². The highest BCUT2D eigenvalue weighted by Crippen LogP contribution is 2.17. The number of carbonyl (C=O) groups excluding carboxylic acids is 1. The molecule has 7 heteroatoms. The number of benzene rings is 1. The fourth-order valence-electron chi connectivity index (χ4n) is 3.66. The standard InChI is InChI=1S/C22H24N4O3/c1-2-29-21-16(7-6-11-23-21)14-24-20(27)15-9-10-17-18(13-15)25-19-8-4-3-5-12-26(19)22(17)28/h6-7,9-11,13H,2-5,8,12,14H2,1H3,(H,24,27). The third-order valence-electron chi connectivity index (χ3n) is 5.15. The van der Waals surface area contributed by atoms with E-state index in [1.54, 1.807) is 29.0 Å². The second-order valence-corrected chi connectivity index (χ2v) is 7.11. The van der Waals surface area contributed by atoms with Crippen molar-refractivity contribution in [2.45, 2.75) is 45.7 Å². The lowest BCUT2D eigenvalue weighted by Gasteiger charge is -2.12. The van der Waals surface area contributed by atoms with E-state index < -0.39 is 0 Å². The van der Waals surface area contributed by atoms with Crippen molar-refractivity contribution in [3.05, 3.63) is 63.8 Å². The smallest absolute Gasteiger partial charge is 0.261 e. The van der Waals surface area contributed by atoms with Gasteiger partial charge >= 0.3 is 0 Å². The number of nitrogens with zero attached hydrogens (tertiary/aromatic N) is 3. The van der Waals surface area contributed by atoms with E-state index in [2.05, 4.69) is 15.3 Å². The van der Waals surface area contributed by atoms with Gasteiger partial charge in [-0.3, -0.25) is 14.2 Å². The Morgan fingerprint density at radius 2 is 2.14 bits per heavy atom. The fraction of sp³-hybridized carbons (Fsp3) is 0.364. The SMILES string of the molecule is CCOc1ncccc1CNC(=O)c1ccc2c(=O)n3c(nc2c1)CCCCC3. The van der Waals surface area contributed by atoms with Gasteiger partial charge in [-0.15, -0.1) is 0 Å². The highest BCUT2D eigenvalue weighted by Gasteiger charge is 2.15. The molecular weight excluding hydrogens is 368 g/mol. The van der Waals surface area contributed by atoms with Crippen LogP contribution in [-0.2, 0) is 19.5 Å². The summed E-state index contributed by atoms with van der Waals surface area (Å²) in [6.45, 7) is 3.42. The first-order valence-electron chi connectivity index (χ1n) is 10.1. The third-order valence-corrected chi connectivity index (χ3v) is 5.15. The summed E-state index contributed by atoms with van der Waals surface area (Å²) in [5, 5.41) is 3.45. The zero-order valence-electron chi connectivity index (χ0n) is 16.5. The molecule has 2 aromatic heterocycles. The van der Waals surface area contributed by atoms with Crippen LogP contribution in [0.2, 0.25) is 0 Å². The number of nitrogens with one attached hydrogen (secondary N) is 1. The van der Waals surface area contributed by atoms with Gasteiger partial charge in [0.05, 0.1) is 17.5 Å². The number of ether oxygens (including phenoxy) is 1. The number of rotatable bonds is 5. The highest BCUT2D eigenvalue weighted by atomic mass is 16.5. The molecule has 1 aliphatic rings. The molecule has 29 heavy (non-hydrogen) atoms. The lowest BCUT2D eigenvalue weighted by molar-refractivity contribution is 0.0950. The predicted molar refractivity (Wildman–Crippen MR) is 110 cm³/mol. The monoisotopic (exact) mass is 392 g/mol. The number of hydrogen-bond donors (Lipinski definition) is 1. The average Bonchev–Trinajstić information content (AvgIpc) is 2.98. The molecule has 1 N–H and O–H groups in total. The fourth-order valence-corrected chi connectivity index (χ4v) is 3.66. The third kappa shape index (κ3) is 3.99. The van der Waals surface area contributed by atoms with Crippen molar-refractivity contribution in [3.8, 4) is 5.88 Å². The van der Waals surface area contributed by atoms with E-state index in [1.807, 2.05) is 19.1 Å². The molecular formula is C22H24N4O3. The summed E-state index contributed by atoms with van der Waals surface area (Å²) < 4.78 is 7.28. The summed E-state index contributed by atoms with van der Waals surface area (Å²) in [5.41, 5.74) is 1.85. The van der Waals surface area contributed by atoms with Gasteiger partial charge in [-0.25, -0.2) is 9.97 Å². The minimum Gasteiger partial charge on any atom is -0.478 e. The van der Waals surface area contributed by atoms with E-state index >= 15 is 0 Å². The molecule has 0 bridgehead atoms. The first-order chi connectivity index (χ1) is 14.2. The highest BCUT2D eigenvalue weighted by molar-refractivity contribution is 5.97. The van der Waals surface area contributed by atoms with Gasteiger partial charge in [0, 0.05) is 36.8 Å². The van der Waals surface area contributed by atoms with Gasteiger partial charge in [-0.1, -0.05) is 12.5 Å². The second-order valence-electron chi connectivity index (χ2n) is 7.11. The lowest BCUT2D eigenvalue weighted by atomic mass is 10.1. The van der Waals surface area contributed by atoms with Crippen LogP contribution in [0.5, 0.6) is 5.88 Å². The number of fused-ring (bicyclic) bond motifs is 2. The Hall–Kier alpha value is -3.22. The van der Waals surface area contributed by atoms with Crippen molar-refractivity contribution in [1.82, 2.24) is 19.9 Å². The van der Waals surface area contributed by atoms with Crippen LogP contribution in [0.3, 0.4) is 0 Å². The topological polar surface area (TPSA) is 86.1 Å².